The second kappa shape index (κ2) is 7.81. The van der Waals surface area contributed by atoms with Gasteiger partial charge >= 0.3 is 5.97 Å². The van der Waals surface area contributed by atoms with Crippen molar-refractivity contribution in [2.24, 2.45) is 0 Å². The van der Waals surface area contributed by atoms with Crippen LogP contribution in [0, 0.1) is 0 Å². The summed E-state index contributed by atoms with van der Waals surface area (Å²) in [4.78, 5) is 10.3. The number of benzene rings is 1. The normalized spacial score (nSPS) is 12.3. The lowest BCUT2D eigenvalue weighted by Crippen LogP contribution is -2.29. The zero-order chi connectivity index (χ0) is 12.5. The van der Waals surface area contributed by atoms with E-state index >= 15 is 0 Å². The van der Waals surface area contributed by atoms with Crippen LogP contribution in [0.4, 0.5) is 0 Å². The van der Waals surface area contributed by atoms with Gasteiger partial charge in [0.15, 0.2) is 0 Å². The predicted octanol–water partition coefficient (Wildman–Crippen LogP) is 1.04. The molecule has 4 heteroatoms. The van der Waals surface area contributed by atoms with Gasteiger partial charge in [0.25, 0.3) is 0 Å². The summed E-state index contributed by atoms with van der Waals surface area (Å²) in [6.07, 6.45) is 0.961. The maximum absolute atomic E-state index is 10.3. The van der Waals surface area contributed by atoms with Crippen LogP contribution in [0.5, 0.6) is 0 Å². The van der Waals surface area contributed by atoms with E-state index in [0.717, 1.165) is 19.4 Å². The van der Waals surface area contributed by atoms with E-state index in [1.807, 2.05) is 18.2 Å². The quantitative estimate of drug-likeness (QED) is 0.591. The fourth-order valence-corrected chi connectivity index (χ4v) is 1.60. The lowest BCUT2D eigenvalue weighted by Gasteiger charge is -2.09. The average Bonchev–Trinajstić information content (AvgIpc) is 2.29. The van der Waals surface area contributed by atoms with Gasteiger partial charge in [0.2, 0.25) is 0 Å². The molecule has 0 radical (unpaired) electrons. The first kappa shape index (κ1) is 13.7. The number of hydrogen-bond acceptors (Lipinski definition) is 3. The average molecular weight is 237 g/mol. The lowest BCUT2D eigenvalue weighted by molar-refractivity contribution is -0.139. The highest BCUT2D eigenvalue weighted by Gasteiger charge is 2.07. The van der Waals surface area contributed by atoms with Gasteiger partial charge in [-0.1, -0.05) is 30.3 Å². The third kappa shape index (κ3) is 6.71. The van der Waals surface area contributed by atoms with Crippen molar-refractivity contribution in [2.75, 3.05) is 13.1 Å². The number of nitrogens with one attached hydrogen (secondary N) is 1. The van der Waals surface area contributed by atoms with Crippen LogP contribution in [-0.4, -0.2) is 35.4 Å². The number of carbonyl (C=O) groups is 1. The van der Waals surface area contributed by atoms with Crippen molar-refractivity contribution in [1.82, 2.24) is 5.32 Å². The maximum Gasteiger partial charge on any atom is 0.306 e. The first-order valence-corrected chi connectivity index (χ1v) is 5.83. The smallest absolute Gasteiger partial charge is 0.306 e. The summed E-state index contributed by atoms with van der Waals surface area (Å²) < 4.78 is 0. The zero-order valence-corrected chi connectivity index (χ0v) is 9.80. The molecule has 1 atom stereocenters. The van der Waals surface area contributed by atoms with Crippen molar-refractivity contribution in [3.05, 3.63) is 35.9 Å². The zero-order valence-electron chi connectivity index (χ0n) is 9.80. The van der Waals surface area contributed by atoms with Gasteiger partial charge in [-0.05, 0) is 24.9 Å². The van der Waals surface area contributed by atoms with E-state index in [0.29, 0.717) is 6.54 Å². The number of aliphatic carboxylic acids is 1. The molecule has 0 saturated carbocycles. The Labute approximate surface area is 101 Å². The van der Waals surface area contributed by atoms with Crippen LogP contribution in [0.2, 0.25) is 0 Å². The van der Waals surface area contributed by atoms with Crippen molar-refractivity contribution in [2.45, 2.75) is 25.4 Å². The highest BCUT2D eigenvalue weighted by Crippen LogP contribution is 2.01. The lowest BCUT2D eigenvalue weighted by atomic mass is 10.1. The van der Waals surface area contributed by atoms with Crippen LogP contribution in [0.3, 0.4) is 0 Å². The highest BCUT2D eigenvalue weighted by molar-refractivity contribution is 5.67. The van der Waals surface area contributed by atoms with E-state index in [9.17, 15) is 9.90 Å². The SMILES string of the molecule is O=C(O)CC(O)CNCCCc1ccccc1. The number of carboxylic acids is 1. The van der Waals surface area contributed by atoms with Crippen molar-refractivity contribution >= 4 is 5.97 Å². The molecular weight excluding hydrogens is 218 g/mol. The summed E-state index contributed by atoms with van der Waals surface area (Å²) in [6.45, 7) is 1.12. The van der Waals surface area contributed by atoms with Crippen molar-refractivity contribution in [3.63, 3.8) is 0 Å². The van der Waals surface area contributed by atoms with E-state index in [-0.39, 0.29) is 6.42 Å². The third-order valence-electron chi connectivity index (χ3n) is 2.45. The Morgan fingerprint density at radius 1 is 1.29 bits per heavy atom. The Hall–Kier alpha value is -1.39. The van der Waals surface area contributed by atoms with E-state index in [1.165, 1.54) is 5.56 Å². The minimum Gasteiger partial charge on any atom is -0.481 e. The first-order valence-electron chi connectivity index (χ1n) is 5.83. The van der Waals surface area contributed by atoms with Crippen LogP contribution in [0.1, 0.15) is 18.4 Å². The second-order valence-electron chi connectivity index (χ2n) is 4.04. The van der Waals surface area contributed by atoms with Gasteiger partial charge in [-0.2, -0.15) is 0 Å². The molecular formula is C13H19NO3. The minimum absolute atomic E-state index is 0.203. The minimum atomic E-state index is -0.969. The Morgan fingerprint density at radius 3 is 2.65 bits per heavy atom. The third-order valence-corrected chi connectivity index (χ3v) is 2.45. The predicted molar refractivity (Wildman–Crippen MR) is 65.9 cm³/mol. The summed E-state index contributed by atoms with van der Waals surface area (Å²) >= 11 is 0. The number of hydrogen-bond donors (Lipinski definition) is 3. The molecule has 94 valence electrons. The van der Waals surface area contributed by atoms with Gasteiger partial charge in [0, 0.05) is 6.54 Å². The first-order chi connectivity index (χ1) is 8.18. The topological polar surface area (TPSA) is 69.6 Å². The molecule has 1 aromatic carbocycles. The summed E-state index contributed by atoms with van der Waals surface area (Å²) in [7, 11) is 0. The Kier molecular flexibility index (Phi) is 6.29. The van der Waals surface area contributed by atoms with Gasteiger partial charge in [0.1, 0.15) is 0 Å². The molecule has 0 aliphatic heterocycles. The summed E-state index contributed by atoms with van der Waals surface area (Å²) in [5.74, 6) is -0.969. The second-order valence-corrected chi connectivity index (χ2v) is 4.04. The number of aryl methyl sites for hydroxylation is 1. The van der Waals surface area contributed by atoms with Crippen molar-refractivity contribution < 1.29 is 15.0 Å². The molecule has 0 aromatic heterocycles. The van der Waals surface area contributed by atoms with E-state index in [4.69, 9.17) is 5.11 Å². The van der Waals surface area contributed by atoms with Crippen LogP contribution < -0.4 is 5.32 Å². The van der Waals surface area contributed by atoms with Gasteiger partial charge in [0.05, 0.1) is 12.5 Å². The molecule has 17 heavy (non-hydrogen) atoms. The molecule has 3 N–H and O–H groups in total. The van der Waals surface area contributed by atoms with Crippen molar-refractivity contribution in [3.8, 4) is 0 Å². The fourth-order valence-electron chi connectivity index (χ4n) is 1.60. The molecule has 0 aliphatic carbocycles. The Balaban J connectivity index is 2.03. The molecule has 0 heterocycles. The number of aliphatic hydroxyl groups is 1. The van der Waals surface area contributed by atoms with Gasteiger partial charge in [-0.3, -0.25) is 4.79 Å². The summed E-state index contributed by atoms with van der Waals surface area (Å²) in [5, 5.41) is 20.8. The molecule has 1 rings (SSSR count). The summed E-state index contributed by atoms with van der Waals surface area (Å²) in [5.41, 5.74) is 1.29. The maximum atomic E-state index is 10.3. The van der Waals surface area contributed by atoms with Gasteiger partial charge < -0.3 is 15.5 Å². The Bertz CT molecular complexity index is 327. The molecule has 4 nitrogen and oxygen atoms in total. The molecule has 0 aliphatic rings. The monoisotopic (exact) mass is 237 g/mol. The molecule has 1 aromatic rings. The largest absolute Gasteiger partial charge is 0.481 e. The number of carboxylic acid groups (broad SMARTS) is 1. The van der Waals surface area contributed by atoms with Gasteiger partial charge in [-0.25, -0.2) is 0 Å². The van der Waals surface area contributed by atoms with E-state index < -0.39 is 12.1 Å². The van der Waals surface area contributed by atoms with Crippen LogP contribution in [0.25, 0.3) is 0 Å². The standard InChI is InChI=1S/C13H19NO3/c15-12(9-13(16)17)10-14-8-4-7-11-5-2-1-3-6-11/h1-3,5-6,12,14-15H,4,7-10H2,(H,16,17). The van der Waals surface area contributed by atoms with E-state index in [2.05, 4.69) is 17.4 Å². The number of aliphatic hydroxyl groups excluding tert-OH is 1. The van der Waals surface area contributed by atoms with Crippen molar-refractivity contribution in [1.29, 1.82) is 0 Å². The molecule has 0 spiro atoms. The molecule has 1 unspecified atom stereocenters. The van der Waals surface area contributed by atoms with E-state index in [1.54, 1.807) is 0 Å². The molecule has 0 amide bonds. The molecule has 0 saturated heterocycles. The molecule has 0 fully saturated rings. The Morgan fingerprint density at radius 2 is 2.00 bits per heavy atom. The van der Waals surface area contributed by atoms with Crippen LogP contribution >= 0.6 is 0 Å². The summed E-state index contributed by atoms with van der Waals surface area (Å²) in [6, 6.07) is 10.2. The van der Waals surface area contributed by atoms with Crippen LogP contribution in [-0.2, 0) is 11.2 Å². The number of rotatable bonds is 8. The highest BCUT2D eigenvalue weighted by atomic mass is 16.4. The van der Waals surface area contributed by atoms with Gasteiger partial charge in [-0.15, -0.1) is 0 Å². The molecule has 0 bridgehead atoms. The van der Waals surface area contributed by atoms with Crippen LogP contribution in [0.15, 0.2) is 30.3 Å². The fraction of sp³-hybridized carbons (Fsp3) is 0.462.